The van der Waals surface area contributed by atoms with Crippen molar-refractivity contribution in [3.05, 3.63) is 20.8 Å². The van der Waals surface area contributed by atoms with Gasteiger partial charge in [0.15, 0.2) is 0 Å². The van der Waals surface area contributed by atoms with Gasteiger partial charge in [-0.2, -0.15) is 0 Å². The Kier molecular flexibility index (Phi) is 5.62. The SMILES string of the molecule is CC(C)(O)CN1CCN(C(CN)c2cc(Br)cs2)CC1. The molecule has 1 aliphatic rings. The molecule has 1 aliphatic heterocycles. The highest BCUT2D eigenvalue weighted by Crippen LogP contribution is 2.29. The standard InChI is InChI=1S/C14H24BrN3OS/c1-14(2,19)10-17-3-5-18(6-4-17)12(8-16)13-7-11(15)9-20-13/h7,9,12,19H,3-6,8,10,16H2,1-2H3. The van der Waals surface area contributed by atoms with Crippen LogP contribution in [0.1, 0.15) is 24.8 Å². The highest BCUT2D eigenvalue weighted by Gasteiger charge is 2.27. The van der Waals surface area contributed by atoms with Crippen LogP contribution in [-0.2, 0) is 0 Å². The normalized spacial score (nSPS) is 20.2. The minimum atomic E-state index is -0.617. The van der Waals surface area contributed by atoms with Gasteiger partial charge in [-0.25, -0.2) is 0 Å². The average Bonchev–Trinajstić information content (AvgIpc) is 2.77. The second-order valence-corrected chi connectivity index (χ2v) is 7.90. The van der Waals surface area contributed by atoms with Crippen LogP contribution >= 0.6 is 27.3 Å². The van der Waals surface area contributed by atoms with Crippen LogP contribution in [0.25, 0.3) is 0 Å². The van der Waals surface area contributed by atoms with Crippen molar-refractivity contribution in [1.29, 1.82) is 0 Å². The van der Waals surface area contributed by atoms with Gasteiger partial charge in [0.25, 0.3) is 0 Å². The van der Waals surface area contributed by atoms with Crippen molar-refractivity contribution in [3.8, 4) is 0 Å². The maximum absolute atomic E-state index is 9.89. The molecule has 6 heteroatoms. The Bertz CT molecular complexity index is 424. The Labute approximate surface area is 133 Å². The Morgan fingerprint density at radius 2 is 2.05 bits per heavy atom. The molecule has 0 spiro atoms. The molecule has 3 N–H and O–H groups in total. The summed E-state index contributed by atoms with van der Waals surface area (Å²) in [4.78, 5) is 6.11. The first-order valence-corrected chi connectivity index (χ1v) is 8.69. The Morgan fingerprint density at radius 3 is 2.50 bits per heavy atom. The van der Waals surface area contributed by atoms with Crippen LogP contribution in [0.3, 0.4) is 0 Å². The molecule has 0 radical (unpaired) electrons. The lowest BCUT2D eigenvalue weighted by Crippen LogP contribution is -2.52. The third-order valence-corrected chi connectivity index (χ3v) is 5.39. The van der Waals surface area contributed by atoms with Crippen LogP contribution in [0.2, 0.25) is 0 Å². The summed E-state index contributed by atoms with van der Waals surface area (Å²) in [6.45, 7) is 9.12. The number of nitrogens with two attached hydrogens (primary N) is 1. The van der Waals surface area contributed by atoms with Gasteiger partial charge in [0.2, 0.25) is 0 Å². The van der Waals surface area contributed by atoms with Crippen molar-refractivity contribution in [1.82, 2.24) is 9.80 Å². The van der Waals surface area contributed by atoms with Crippen molar-refractivity contribution < 1.29 is 5.11 Å². The van der Waals surface area contributed by atoms with Crippen LogP contribution in [0, 0.1) is 0 Å². The fourth-order valence-corrected chi connectivity index (χ4v) is 4.32. The van der Waals surface area contributed by atoms with E-state index in [-0.39, 0.29) is 0 Å². The molecule has 4 nitrogen and oxygen atoms in total. The molecule has 1 fully saturated rings. The quantitative estimate of drug-likeness (QED) is 0.840. The Hall–Kier alpha value is 0.0200. The largest absolute Gasteiger partial charge is 0.389 e. The highest BCUT2D eigenvalue weighted by atomic mass is 79.9. The van der Waals surface area contributed by atoms with E-state index >= 15 is 0 Å². The fourth-order valence-electron chi connectivity index (χ4n) is 2.73. The summed E-state index contributed by atoms with van der Waals surface area (Å²) in [6.07, 6.45) is 0. The van der Waals surface area contributed by atoms with Gasteiger partial charge in [-0.05, 0) is 35.8 Å². The van der Waals surface area contributed by atoms with E-state index in [1.165, 1.54) is 4.88 Å². The molecule has 0 aromatic carbocycles. The van der Waals surface area contributed by atoms with E-state index in [0.717, 1.165) is 37.2 Å². The molecule has 2 rings (SSSR count). The zero-order chi connectivity index (χ0) is 14.8. The van der Waals surface area contributed by atoms with Gasteiger partial charge < -0.3 is 10.8 Å². The molecular formula is C14H24BrN3OS. The lowest BCUT2D eigenvalue weighted by Gasteiger charge is -2.40. The fraction of sp³-hybridized carbons (Fsp3) is 0.714. The number of hydrogen-bond acceptors (Lipinski definition) is 5. The number of piperazine rings is 1. The van der Waals surface area contributed by atoms with Crippen LogP contribution in [0.4, 0.5) is 0 Å². The van der Waals surface area contributed by atoms with Gasteiger partial charge >= 0.3 is 0 Å². The molecule has 1 aromatic rings. The molecular weight excluding hydrogens is 338 g/mol. The molecule has 2 heterocycles. The van der Waals surface area contributed by atoms with Crippen molar-refractivity contribution in [2.45, 2.75) is 25.5 Å². The van der Waals surface area contributed by atoms with E-state index in [1.807, 2.05) is 13.8 Å². The monoisotopic (exact) mass is 361 g/mol. The maximum Gasteiger partial charge on any atom is 0.0718 e. The van der Waals surface area contributed by atoms with Crippen LogP contribution in [-0.4, -0.2) is 59.8 Å². The second-order valence-electron chi connectivity index (χ2n) is 6.04. The molecule has 1 atom stereocenters. The number of thiophene rings is 1. The minimum absolute atomic E-state index is 0.315. The van der Waals surface area contributed by atoms with E-state index in [0.29, 0.717) is 12.6 Å². The first kappa shape index (κ1) is 16.4. The Balaban J connectivity index is 1.92. The third-order valence-electron chi connectivity index (χ3n) is 3.60. The van der Waals surface area contributed by atoms with Crippen molar-refractivity contribution in [3.63, 3.8) is 0 Å². The number of nitrogens with zero attached hydrogens (tertiary/aromatic N) is 2. The van der Waals surface area contributed by atoms with Crippen LogP contribution < -0.4 is 5.73 Å². The molecule has 0 saturated carbocycles. The summed E-state index contributed by atoms with van der Waals surface area (Å²) in [7, 11) is 0. The summed E-state index contributed by atoms with van der Waals surface area (Å²) < 4.78 is 1.14. The second kappa shape index (κ2) is 6.85. The van der Waals surface area contributed by atoms with Crippen molar-refractivity contribution >= 4 is 27.3 Å². The first-order valence-electron chi connectivity index (χ1n) is 7.02. The van der Waals surface area contributed by atoms with E-state index < -0.39 is 5.60 Å². The summed E-state index contributed by atoms with van der Waals surface area (Å²) in [5, 5.41) is 12.0. The van der Waals surface area contributed by atoms with E-state index in [4.69, 9.17) is 5.73 Å². The number of aliphatic hydroxyl groups is 1. The van der Waals surface area contributed by atoms with Crippen molar-refractivity contribution in [2.24, 2.45) is 5.73 Å². The topological polar surface area (TPSA) is 52.7 Å². The average molecular weight is 362 g/mol. The zero-order valence-corrected chi connectivity index (χ0v) is 14.6. The van der Waals surface area contributed by atoms with Gasteiger partial charge in [-0.3, -0.25) is 9.80 Å². The van der Waals surface area contributed by atoms with Gasteiger partial charge in [0.05, 0.1) is 11.6 Å². The van der Waals surface area contributed by atoms with Gasteiger partial charge in [0, 0.05) is 54.0 Å². The number of halogens is 1. The van der Waals surface area contributed by atoms with E-state index in [2.05, 4.69) is 37.2 Å². The van der Waals surface area contributed by atoms with Crippen molar-refractivity contribution in [2.75, 3.05) is 39.3 Å². The summed E-state index contributed by atoms with van der Waals surface area (Å²) >= 11 is 5.28. The predicted molar refractivity (Wildman–Crippen MR) is 88.1 cm³/mol. The molecule has 1 unspecified atom stereocenters. The Morgan fingerprint density at radius 1 is 1.40 bits per heavy atom. The molecule has 114 valence electrons. The number of rotatable bonds is 5. The van der Waals surface area contributed by atoms with Gasteiger partial charge in [0.1, 0.15) is 0 Å². The summed E-state index contributed by atoms with van der Waals surface area (Å²) in [6, 6.07) is 2.49. The minimum Gasteiger partial charge on any atom is -0.389 e. The molecule has 0 bridgehead atoms. The summed E-state index contributed by atoms with van der Waals surface area (Å²) in [5.74, 6) is 0. The molecule has 0 amide bonds. The molecule has 20 heavy (non-hydrogen) atoms. The number of β-amino-alcohol motifs (C(OH)–C–C–N with tert-alkyl or cyclic N) is 1. The lowest BCUT2D eigenvalue weighted by atomic mass is 10.1. The first-order chi connectivity index (χ1) is 9.39. The molecule has 1 aromatic heterocycles. The molecule has 0 aliphatic carbocycles. The maximum atomic E-state index is 9.89. The predicted octanol–water partition coefficient (Wildman–Crippen LogP) is 1.90. The van der Waals surface area contributed by atoms with Gasteiger partial charge in [-0.1, -0.05) is 0 Å². The summed E-state index contributed by atoms with van der Waals surface area (Å²) in [5.41, 5.74) is 5.36. The molecule has 1 saturated heterocycles. The smallest absolute Gasteiger partial charge is 0.0718 e. The van der Waals surface area contributed by atoms with Gasteiger partial charge in [-0.15, -0.1) is 11.3 Å². The lowest BCUT2D eigenvalue weighted by molar-refractivity contribution is 0.0115. The third kappa shape index (κ3) is 4.51. The van der Waals surface area contributed by atoms with Crippen LogP contribution in [0.15, 0.2) is 15.9 Å². The zero-order valence-electron chi connectivity index (χ0n) is 12.2. The van der Waals surface area contributed by atoms with E-state index in [1.54, 1.807) is 11.3 Å². The van der Waals surface area contributed by atoms with E-state index in [9.17, 15) is 5.11 Å². The van der Waals surface area contributed by atoms with Crippen LogP contribution in [0.5, 0.6) is 0 Å². The highest BCUT2D eigenvalue weighted by molar-refractivity contribution is 9.10. The number of hydrogen-bond donors (Lipinski definition) is 2.